The van der Waals surface area contributed by atoms with Gasteiger partial charge in [0.1, 0.15) is 12.4 Å². The minimum atomic E-state index is -2.64. The number of alkyl halides is 2. The Morgan fingerprint density at radius 1 is 1.24 bits per heavy atom. The number of nitrogens with one attached hydrogen (secondary N) is 1. The molecule has 192 valence electrons. The highest BCUT2D eigenvalue weighted by atomic mass is 19.3. The van der Waals surface area contributed by atoms with Crippen molar-refractivity contribution in [2.75, 3.05) is 34.8 Å². The Balaban J connectivity index is 1.53. The van der Waals surface area contributed by atoms with Crippen LogP contribution >= 0.6 is 0 Å². The summed E-state index contributed by atoms with van der Waals surface area (Å²) in [5.41, 5.74) is 1.09. The van der Waals surface area contributed by atoms with E-state index >= 15 is 4.39 Å². The van der Waals surface area contributed by atoms with Gasteiger partial charge in [0.25, 0.3) is 6.43 Å². The Bertz CT molecular complexity index is 1350. The van der Waals surface area contributed by atoms with Crippen LogP contribution < -0.4 is 15.1 Å². The second-order valence-electron chi connectivity index (χ2n) is 9.04. The van der Waals surface area contributed by atoms with Gasteiger partial charge in [0.2, 0.25) is 17.8 Å². The Hall–Kier alpha value is -3.99. The van der Waals surface area contributed by atoms with Gasteiger partial charge < -0.3 is 20.2 Å². The fourth-order valence-electron chi connectivity index (χ4n) is 4.69. The molecule has 1 saturated heterocycles. The van der Waals surface area contributed by atoms with Crippen LogP contribution in [0.3, 0.4) is 0 Å². The lowest BCUT2D eigenvalue weighted by molar-refractivity contribution is -0.122. The molecule has 4 heterocycles. The maximum absolute atomic E-state index is 15.6. The topological polar surface area (TPSA) is 98.7 Å². The average Bonchev–Trinajstić information content (AvgIpc) is 2.94. The Labute approximate surface area is 210 Å². The Morgan fingerprint density at radius 3 is 2.65 bits per heavy atom. The van der Waals surface area contributed by atoms with Gasteiger partial charge in [0.15, 0.2) is 0 Å². The van der Waals surface area contributed by atoms with E-state index in [-0.39, 0.29) is 41.0 Å². The Morgan fingerprint density at radius 2 is 2.00 bits per heavy atom. The summed E-state index contributed by atoms with van der Waals surface area (Å²) in [6.07, 6.45) is -0.405. The van der Waals surface area contributed by atoms with Crippen LogP contribution in [0.1, 0.15) is 36.9 Å². The molecule has 2 aromatic heterocycles. The van der Waals surface area contributed by atoms with Gasteiger partial charge in [-0.15, -0.1) is 0 Å². The number of rotatable bonds is 6. The molecule has 11 heteroatoms. The predicted octanol–water partition coefficient (Wildman–Crippen LogP) is 3.88. The SMILES string of the molecule is CC1C(=O)N(CC(=O)Nc2ccc(C(F)F)cc2)c2cc(N3CC[C@@H]3CO)nc(F)c2-c2cccnc21. The maximum Gasteiger partial charge on any atom is 0.263 e. The van der Waals surface area contributed by atoms with Crippen LogP contribution in [0.5, 0.6) is 0 Å². The van der Waals surface area contributed by atoms with Crippen molar-refractivity contribution < 1.29 is 27.9 Å². The number of amides is 2. The number of fused-ring (bicyclic) bond motifs is 3. The summed E-state index contributed by atoms with van der Waals surface area (Å²) in [7, 11) is 0. The van der Waals surface area contributed by atoms with Gasteiger partial charge >= 0.3 is 0 Å². The number of carbonyl (C=O) groups excluding carboxylic acids is 2. The number of benzene rings is 1. The molecule has 2 amide bonds. The number of aliphatic hydroxyl groups is 1. The van der Waals surface area contributed by atoms with Crippen molar-refractivity contribution in [2.45, 2.75) is 31.7 Å². The van der Waals surface area contributed by atoms with E-state index in [0.29, 0.717) is 17.8 Å². The van der Waals surface area contributed by atoms with Crippen LogP contribution in [-0.4, -0.2) is 52.6 Å². The Kier molecular flexibility index (Phi) is 6.55. The second kappa shape index (κ2) is 9.81. The van der Waals surface area contributed by atoms with Gasteiger partial charge in [0, 0.05) is 35.6 Å². The summed E-state index contributed by atoms with van der Waals surface area (Å²) in [5, 5.41) is 12.2. The molecule has 0 saturated carbocycles. The lowest BCUT2D eigenvalue weighted by atomic mass is 9.98. The van der Waals surface area contributed by atoms with Gasteiger partial charge in [-0.25, -0.2) is 13.8 Å². The van der Waals surface area contributed by atoms with Crippen molar-refractivity contribution in [3.8, 4) is 11.1 Å². The number of pyridine rings is 2. The van der Waals surface area contributed by atoms with Crippen molar-refractivity contribution >= 4 is 29.0 Å². The van der Waals surface area contributed by atoms with Crippen LogP contribution in [0.2, 0.25) is 0 Å². The van der Waals surface area contributed by atoms with Crippen molar-refractivity contribution in [3.05, 3.63) is 65.9 Å². The van der Waals surface area contributed by atoms with Crippen molar-refractivity contribution in [1.29, 1.82) is 0 Å². The summed E-state index contributed by atoms with van der Waals surface area (Å²) < 4.78 is 41.3. The largest absolute Gasteiger partial charge is 0.394 e. The third-order valence-electron chi connectivity index (χ3n) is 6.78. The van der Waals surface area contributed by atoms with Crippen LogP contribution in [0.25, 0.3) is 11.1 Å². The number of aromatic nitrogens is 2. The summed E-state index contributed by atoms with van der Waals surface area (Å²) in [5.74, 6) is -2.40. The fraction of sp³-hybridized carbons (Fsp3) is 0.308. The zero-order valence-corrected chi connectivity index (χ0v) is 19.9. The zero-order valence-electron chi connectivity index (χ0n) is 19.9. The van der Waals surface area contributed by atoms with Gasteiger partial charge in [0.05, 0.1) is 35.5 Å². The zero-order chi connectivity index (χ0) is 26.3. The molecule has 0 spiro atoms. The molecule has 0 bridgehead atoms. The van der Waals surface area contributed by atoms with Gasteiger partial charge in [-0.05, 0) is 31.5 Å². The highest BCUT2D eigenvalue weighted by Crippen LogP contribution is 2.43. The number of carbonyl (C=O) groups is 2. The smallest absolute Gasteiger partial charge is 0.263 e. The number of hydrogen-bond acceptors (Lipinski definition) is 6. The molecule has 2 atom stereocenters. The second-order valence-corrected chi connectivity index (χ2v) is 9.04. The molecule has 5 rings (SSSR count). The first-order valence-corrected chi connectivity index (χ1v) is 11.8. The lowest BCUT2D eigenvalue weighted by Gasteiger charge is -2.41. The van der Waals surface area contributed by atoms with Crippen molar-refractivity contribution in [1.82, 2.24) is 9.97 Å². The third-order valence-corrected chi connectivity index (χ3v) is 6.78. The molecule has 37 heavy (non-hydrogen) atoms. The van der Waals surface area contributed by atoms with E-state index in [1.54, 1.807) is 30.0 Å². The minimum Gasteiger partial charge on any atom is -0.394 e. The van der Waals surface area contributed by atoms with E-state index in [9.17, 15) is 23.5 Å². The lowest BCUT2D eigenvalue weighted by Crippen LogP contribution is -2.50. The molecule has 0 aliphatic carbocycles. The van der Waals surface area contributed by atoms with E-state index in [2.05, 4.69) is 15.3 Å². The normalized spacial score (nSPS) is 18.7. The molecule has 1 fully saturated rings. The molecule has 1 aromatic carbocycles. The molecule has 8 nitrogen and oxygen atoms in total. The van der Waals surface area contributed by atoms with E-state index in [1.165, 1.54) is 35.4 Å². The fourth-order valence-corrected chi connectivity index (χ4v) is 4.69. The first kappa shape index (κ1) is 24.7. The van der Waals surface area contributed by atoms with Gasteiger partial charge in [-0.1, -0.05) is 18.2 Å². The highest BCUT2D eigenvalue weighted by Gasteiger charge is 2.37. The summed E-state index contributed by atoms with van der Waals surface area (Å²) in [6.45, 7) is 1.62. The molecule has 0 radical (unpaired) electrons. The molecule has 3 aromatic rings. The van der Waals surface area contributed by atoms with E-state index < -0.39 is 36.7 Å². The first-order valence-electron chi connectivity index (χ1n) is 11.8. The number of halogens is 3. The molecule has 2 N–H and O–H groups in total. The molecular formula is C26H24F3N5O3. The van der Waals surface area contributed by atoms with E-state index in [0.717, 1.165) is 6.42 Å². The van der Waals surface area contributed by atoms with Crippen LogP contribution in [0.15, 0.2) is 48.7 Å². The predicted molar refractivity (Wildman–Crippen MR) is 131 cm³/mol. The van der Waals surface area contributed by atoms with Gasteiger partial charge in [-0.2, -0.15) is 4.39 Å². The minimum absolute atomic E-state index is 0.0553. The number of aliphatic hydroxyl groups excluding tert-OH is 1. The molecular weight excluding hydrogens is 487 g/mol. The van der Waals surface area contributed by atoms with E-state index in [4.69, 9.17) is 0 Å². The van der Waals surface area contributed by atoms with Gasteiger partial charge in [-0.3, -0.25) is 14.6 Å². The van der Waals surface area contributed by atoms with Crippen LogP contribution in [0.4, 0.5) is 30.4 Å². The van der Waals surface area contributed by atoms with Crippen molar-refractivity contribution in [2.24, 2.45) is 0 Å². The highest BCUT2D eigenvalue weighted by molar-refractivity contribution is 6.09. The average molecular weight is 512 g/mol. The summed E-state index contributed by atoms with van der Waals surface area (Å²) >= 11 is 0. The summed E-state index contributed by atoms with van der Waals surface area (Å²) in [6, 6.07) is 9.73. The molecule has 1 unspecified atom stereocenters. The standard InChI is InChI=1S/C26H24F3N5O3/c1-14-23-18(3-2-9-30-23)22-19(11-20(32-25(22)29)33-10-8-17(33)13-35)34(26(14)37)12-21(36)31-16-6-4-15(5-7-16)24(27)28/h2-7,9,11,14,17,24,35H,8,10,12-13H2,1H3,(H,31,36)/t14?,17-/m1/s1. The number of nitrogens with zero attached hydrogens (tertiary/aromatic N) is 4. The summed E-state index contributed by atoms with van der Waals surface area (Å²) in [4.78, 5) is 38.0. The number of anilines is 3. The van der Waals surface area contributed by atoms with Crippen LogP contribution in [-0.2, 0) is 9.59 Å². The first-order chi connectivity index (χ1) is 17.8. The quantitative estimate of drug-likeness (QED) is 0.488. The van der Waals surface area contributed by atoms with E-state index in [1.807, 2.05) is 0 Å². The molecule has 2 aliphatic heterocycles. The number of hydrogen-bond donors (Lipinski definition) is 2. The monoisotopic (exact) mass is 511 g/mol. The van der Waals surface area contributed by atoms with Crippen LogP contribution in [0, 0.1) is 5.95 Å². The molecule has 2 aliphatic rings. The maximum atomic E-state index is 15.6. The third kappa shape index (κ3) is 4.50. The van der Waals surface area contributed by atoms with Crippen molar-refractivity contribution in [3.63, 3.8) is 0 Å².